The maximum atomic E-state index is 12.2. The molecule has 0 amide bonds. The Morgan fingerprint density at radius 3 is 2.86 bits per heavy atom. The first-order chi connectivity index (χ1) is 9.97. The number of carbonyl (C=O) groups excluding carboxylic acids is 1. The van der Waals surface area contributed by atoms with E-state index in [1.165, 1.54) is 22.2 Å². The molecule has 0 aliphatic carbocycles. The largest absolute Gasteiger partial charge is 0.292 e. The van der Waals surface area contributed by atoms with Gasteiger partial charge in [-0.15, -0.1) is 16.4 Å². The summed E-state index contributed by atoms with van der Waals surface area (Å²) in [6, 6.07) is 1.71. The zero-order valence-corrected chi connectivity index (χ0v) is 14.6. The summed E-state index contributed by atoms with van der Waals surface area (Å²) in [5.41, 5.74) is 0.516. The Balaban J connectivity index is 1.98. The van der Waals surface area contributed by atoms with Gasteiger partial charge in [-0.05, 0) is 37.9 Å². The smallest absolute Gasteiger partial charge is 0.281 e. The highest BCUT2D eigenvalue weighted by Crippen LogP contribution is 2.32. The molecule has 21 heavy (non-hydrogen) atoms. The lowest BCUT2D eigenvalue weighted by molar-refractivity contribution is 0.0964. The van der Waals surface area contributed by atoms with Crippen molar-refractivity contribution >= 4 is 60.0 Å². The molecular formula is C11H7Br2N5O2S. The number of thiophene rings is 1. The summed E-state index contributed by atoms with van der Waals surface area (Å²) in [5.74, 6) is -0.219. The Morgan fingerprint density at radius 1 is 1.43 bits per heavy atom. The topological polar surface area (TPSA) is 82.7 Å². The summed E-state index contributed by atoms with van der Waals surface area (Å²) in [6.45, 7) is -0.168. The molecule has 10 heteroatoms. The fraction of sp³-hybridized carbons (Fsp3) is 0.182. The molecule has 0 fully saturated rings. The van der Waals surface area contributed by atoms with Crippen molar-refractivity contribution in [2.24, 2.45) is 7.05 Å². The Morgan fingerprint density at radius 2 is 2.19 bits per heavy atom. The third kappa shape index (κ3) is 2.58. The quantitative estimate of drug-likeness (QED) is 0.591. The molecule has 0 aliphatic rings. The van der Waals surface area contributed by atoms with Crippen LogP contribution in [-0.4, -0.2) is 30.6 Å². The molecule has 0 unspecified atom stereocenters. The van der Waals surface area contributed by atoms with E-state index in [0.29, 0.717) is 20.4 Å². The Kier molecular flexibility index (Phi) is 3.76. The molecule has 0 aliphatic heterocycles. The molecule has 0 atom stereocenters. The number of carbonyl (C=O) groups is 1. The fourth-order valence-corrected chi connectivity index (χ4v) is 4.69. The van der Waals surface area contributed by atoms with E-state index in [0.717, 1.165) is 8.47 Å². The van der Waals surface area contributed by atoms with Gasteiger partial charge in [0.2, 0.25) is 0 Å². The van der Waals surface area contributed by atoms with E-state index < -0.39 is 0 Å². The maximum absolute atomic E-state index is 12.2. The second-order valence-corrected chi connectivity index (χ2v) is 7.97. The molecule has 0 saturated carbocycles. The van der Waals surface area contributed by atoms with Crippen LogP contribution < -0.4 is 5.56 Å². The standard InChI is InChI=1S/C11H7Br2N5O2S/c1-17-10-6(3-14-17)11(20)18(16-15-10)4-7(19)5-2-8(12)21-9(5)13/h2-3H,4H2,1H3. The van der Waals surface area contributed by atoms with Crippen LogP contribution in [-0.2, 0) is 13.6 Å². The molecule has 7 nitrogen and oxygen atoms in total. The van der Waals surface area contributed by atoms with Gasteiger partial charge in [-0.25, -0.2) is 9.36 Å². The molecule has 0 bridgehead atoms. The molecule has 3 heterocycles. The van der Waals surface area contributed by atoms with Gasteiger partial charge in [0.15, 0.2) is 11.4 Å². The minimum absolute atomic E-state index is 0.168. The van der Waals surface area contributed by atoms with E-state index >= 15 is 0 Å². The third-order valence-corrected chi connectivity index (χ3v) is 5.21. The van der Waals surface area contributed by atoms with Crippen LogP contribution in [0.4, 0.5) is 0 Å². The number of hydrogen-bond donors (Lipinski definition) is 0. The molecule has 3 aromatic heterocycles. The summed E-state index contributed by atoms with van der Waals surface area (Å²) < 4.78 is 4.05. The summed E-state index contributed by atoms with van der Waals surface area (Å²) in [5, 5.41) is 12.0. The lowest BCUT2D eigenvalue weighted by Crippen LogP contribution is -2.27. The van der Waals surface area contributed by atoms with Gasteiger partial charge in [0, 0.05) is 12.6 Å². The third-order valence-electron chi connectivity index (χ3n) is 2.87. The van der Waals surface area contributed by atoms with Gasteiger partial charge < -0.3 is 0 Å². The van der Waals surface area contributed by atoms with Crippen LogP contribution in [0.3, 0.4) is 0 Å². The first-order valence-electron chi connectivity index (χ1n) is 5.71. The minimum atomic E-state index is -0.383. The SMILES string of the molecule is Cn1ncc2c(=O)n(CC(=O)c3cc(Br)sc3Br)nnc21. The van der Waals surface area contributed by atoms with Crippen LogP contribution in [0.15, 0.2) is 24.6 Å². The zero-order chi connectivity index (χ0) is 15.1. The van der Waals surface area contributed by atoms with Gasteiger partial charge in [-0.2, -0.15) is 5.10 Å². The van der Waals surface area contributed by atoms with Gasteiger partial charge >= 0.3 is 0 Å². The normalized spacial score (nSPS) is 11.2. The van der Waals surface area contributed by atoms with E-state index in [2.05, 4.69) is 47.3 Å². The van der Waals surface area contributed by atoms with E-state index in [9.17, 15) is 9.59 Å². The average molecular weight is 433 g/mol. The van der Waals surface area contributed by atoms with Gasteiger partial charge in [-0.3, -0.25) is 9.59 Å². The minimum Gasteiger partial charge on any atom is -0.292 e. The lowest BCUT2D eigenvalue weighted by Gasteiger charge is -2.02. The first kappa shape index (κ1) is 14.5. The van der Waals surface area contributed by atoms with Crippen molar-refractivity contribution in [3.8, 4) is 0 Å². The summed E-state index contributed by atoms with van der Waals surface area (Å²) >= 11 is 8.03. The van der Waals surface area contributed by atoms with Crippen LogP contribution in [0.2, 0.25) is 0 Å². The number of halogens is 2. The van der Waals surface area contributed by atoms with Crippen molar-refractivity contribution in [1.82, 2.24) is 24.8 Å². The van der Waals surface area contributed by atoms with Gasteiger partial charge in [-0.1, -0.05) is 5.21 Å². The monoisotopic (exact) mass is 431 g/mol. The lowest BCUT2D eigenvalue weighted by atomic mass is 10.2. The van der Waals surface area contributed by atoms with Crippen molar-refractivity contribution in [2.75, 3.05) is 0 Å². The predicted octanol–water partition coefficient (Wildman–Crippen LogP) is 1.99. The molecule has 0 N–H and O–H groups in total. The maximum Gasteiger partial charge on any atom is 0.281 e. The van der Waals surface area contributed by atoms with Crippen LogP contribution in [0.5, 0.6) is 0 Å². The highest BCUT2D eigenvalue weighted by atomic mass is 79.9. The van der Waals surface area contributed by atoms with Crippen molar-refractivity contribution in [2.45, 2.75) is 6.54 Å². The molecule has 0 spiro atoms. The number of rotatable bonds is 3. The summed E-state index contributed by atoms with van der Waals surface area (Å²) in [4.78, 5) is 24.5. The van der Waals surface area contributed by atoms with Crippen LogP contribution >= 0.6 is 43.2 Å². The molecule has 3 rings (SSSR count). The first-order valence-corrected chi connectivity index (χ1v) is 8.11. The summed E-state index contributed by atoms with van der Waals surface area (Å²) in [6.07, 6.45) is 1.42. The number of Topliss-reactive ketones (excluding diaryl/α,β-unsaturated/α-hetero) is 1. The van der Waals surface area contributed by atoms with E-state index in [1.54, 1.807) is 13.1 Å². The Hall–Kier alpha value is -1.39. The van der Waals surface area contributed by atoms with Crippen molar-refractivity contribution in [3.05, 3.63) is 35.8 Å². The fourth-order valence-electron chi connectivity index (χ4n) is 1.83. The average Bonchev–Trinajstić information content (AvgIpc) is 2.96. The second kappa shape index (κ2) is 5.43. The molecule has 0 saturated heterocycles. The summed E-state index contributed by atoms with van der Waals surface area (Å²) in [7, 11) is 1.67. The molecular weight excluding hydrogens is 426 g/mol. The van der Waals surface area contributed by atoms with Gasteiger partial charge in [0.25, 0.3) is 5.56 Å². The Bertz CT molecular complexity index is 913. The zero-order valence-electron chi connectivity index (χ0n) is 10.6. The van der Waals surface area contributed by atoms with E-state index in [-0.39, 0.29) is 17.9 Å². The second-order valence-electron chi connectivity index (χ2n) is 4.22. The van der Waals surface area contributed by atoms with E-state index in [1.807, 2.05) is 0 Å². The molecule has 0 aromatic carbocycles. The Labute approximate surface area is 138 Å². The molecule has 108 valence electrons. The number of nitrogens with zero attached hydrogens (tertiary/aromatic N) is 5. The van der Waals surface area contributed by atoms with Crippen LogP contribution in [0, 0.1) is 0 Å². The van der Waals surface area contributed by atoms with Gasteiger partial charge in [0.1, 0.15) is 11.9 Å². The van der Waals surface area contributed by atoms with E-state index in [4.69, 9.17) is 0 Å². The predicted molar refractivity (Wildman–Crippen MR) is 84.6 cm³/mol. The molecule has 0 radical (unpaired) electrons. The van der Waals surface area contributed by atoms with Gasteiger partial charge in [0.05, 0.1) is 13.8 Å². The number of aromatic nitrogens is 5. The molecule has 3 aromatic rings. The number of hydrogen-bond acceptors (Lipinski definition) is 6. The number of fused-ring (bicyclic) bond motifs is 1. The highest BCUT2D eigenvalue weighted by molar-refractivity contribution is 9.12. The number of aryl methyl sites for hydroxylation is 1. The van der Waals surface area contributed by atoms with Crippen molar-refractivity contribution < 1.29 is 4.79 Å². The van der Waals surface area contributed by atoms with Crippen molar-refractivity contribution in [3.63, 3.8) is 0 Å². The highest BCUT2D eigenvalue weighted by Gasteiger charge is 2.17. The number of ketones is 1. The van der Waals surface area contributed by atoms with Crippen molar-refractivity contribution in [1.29, 1.82) is 0 Å². The van der Waals surface area contributed by atoms with Crippen LogP contribution in [0.1, 0.15) is 10.4 Å². The van der Waals surface area contributed by atoms with Crippen LogP contribution in [0.25, 0.3) is 11.0 Å².